The zero-order valence-electron chi connectivity index (χ0n) is 11.5. The van der Waals surface area contributed by atoms with Crippen LogP contribution in [0.5, 0.6) is 0 Å². The smallest absolute Gasteiger partial charge is 0.208 e. The van der Waals surface area contributed by atoms with E-state index in [4.69, 9.17) is 0 Å². The average molecular weight is 235 g/mol. The minimum absolute atomic E-state index is 0.828. The van der Waals surface area contributed by atoms with Crippen LogP contribution >= 0.6 is 0 Å². The molecule has 0 radical (unpaired) electrons. The predicted octanol–water partition coefficient (Wildman–Crippen LogP) is 2.54. The largest absolute Gasteiger partial charge is 0.343 e. The van der Waals surface area contributed by atoms with Gasteiger partial charge in [0.15, 0.2) is 0 Å². The zero-order valence-corrected chi connectivity index (χ0v) is 11.5. The maximum atomic E-state index is 4.48. The van der Waals surface area contributed by atoms with Gasteiger partial charge in [0.1, 0.15) is 0 Å². The summed E-state index contributed by atoms with van der Waals surface area (Å²) in [6.45, 7) is 7.14. The van der Waals surface area contributed by atoms with E-state index in [9.17, 15) is 0 Å². The molecule has 96 valence electrons. The van der Waals surface area contributed by atoms with Gasteiger partial charge in [-0.3, -0.25) is 9.89 Å². The summed E-state index contributed by atoms with van der Waals surface area (Å²) in [6, 6.07) is 3.23. The number of unbranched alkanes of at least 4 members (excludes halogenated alkanes) is 4. The van der Waals surface area contributed by atoms with E-state index in [-0.39, 0.29) is 0 Å². The Morgan fingerprint density at radius 2 is 2.00 bits per heavy atom. The number of guanidine groups is 1. The molecule has 0 amide bonds. The van der Waals surface area contributed by atoms with Gasteiger partial charge in [-0.25, -0.2) is 0 Å². The topological polar surface area (TPSA) is 18.8 Å². The van der Waals surface area contributed by atoms with Crippen molar-refractivity contribution >= 4 is 5.96 Å². The quantitative estimate of drug-likeness (QED) is 0.539. The molecule has 1 aliphatic heterocycles. The summed E-state index contributed by atoms with van der Waals surface area (Å²) in [5.74, 6) is 4.30. The highest BCUT2D eigenvalue weighted by atomic mass is 15.4. The Balaban J connectivity index is 2.35. The second-order valence-electron chi connectivity index (χ2n) is 4.45. The van der Waals surface area contributed by atoms with E-state index in [1.165, 1.54) is 25.7 Å². The van der Waals surface area contributed by atoms with Crippen molar-refractivity contribution in [2.24, 2.45) is 4.99 Å². The van der Waals surface area contributed by atoms with Crippen LogP contribution in [0.2, 0.25) is 0 Å². The van der Waals surface area contributed by atoms with Gasteiger partial charge in [0, 0.05) is 32.6 Å². The molecule has 1 rings (SSSR count). The summed E-state index contributed by atoms with van der Waals surface area (Å²) in [6.07, 6.45) is 6.17. The lowest BCUT2D eigenvalue weighted by Crippen LogP contribution is -2.28. The number of aliphatic imine (C=N–C) groups is 1. The average Bonchev–Trinajstić information content (AvgIpc) is 2.66. The fourth-order valence-electron chi connectivity index (χ4n) is 1.90. The molecule has 0 aliphatic carbocycles. The van der Waals surface area contributed by atoms with Crippen LogP contribution in [0.1, 0.15) is 46.0 Å². The van der Waals surface area contributed by atoms with Gasteiger partial charge >= 0.3 is 0 Å². The summed E-state index contributed by atoms with van der Waals surface area (Å²) in [5, 5.41) is 0. The second-order valence-corrected chi connectivity index (χ2v) is 4.45. The molecular weight excluding hydrogens is 210 g/mol. The molecule has 1 aliphatic rings. The molecule has 0 aromatic carbocycles. The summed E-state index contributed by atoms with van der Waals surface area (Å²) in [5.41, 5.74) is 0. The van der Waals surface area contributed by atoms with Gasteiger partial charge in [-0.15, -0.1) is 0 Å². The number of rotatable bonds is 5. The highest BCUT2D eigenvalue weighted by molar-refractivity contribution is 5.83. The number of likely N-dealkylation sites (N-methyl/N-ethyl adjacent to an activating group) is 1. The molecule has 1 fully saturated rings. The molecule has 0 unspecified atom stereocenters. The Labute approximate surface area is 106 Å². The zero-order chi connectivity index (χ0) is 12.5. The van der Waals surface area contributed by atoms with E-state index in [2.05, 4.69) is 47.7 Å². The lowest BCUT2D eigenvalue weighted by atomic mass is 10.2. The fourth-order valence-corrected chi connectivity index (χ4v) is 1.90. The van der Waals surface area contributed by atoms with Crippen LogP contribution in [0, 0.1) is 12.0 Å². The molecule has 0 N–H and O–H groups in total. The van der Waals surface area contributed by atoms with Crippen molar-refractivity contribution in [2.75, 3.05) is 26.7 Å². The molecule has 1 heterocycles. The number of hydrogen-bond acceptors (Lipinski definition) is 1. The van der Waals surface area contributed by atoms with Gasteiger partial charge in [0.05, 0.1) is 6.54 Å². The van der Waals surface area contributed by atoms with Crippen LogP contribution in [-0.4, -0.2) is 42.4 Å². The van der Waals surface area contributed by atoms with Crippen molar-refractivity contribution in [1.82, 2.24) is 9.80 Å². The number of hydrogen-bond donors (Lipinski definition) is 0. The van der Waals surface area contributed by atoms with Crippen LogP contribution in [0.15, 0.2) is 4.99 Å². The van der Waals surface area contributed by atoms with Crippen molar-refractivity contribution < 1.29 is 0 Å². The summed E-state index contributed by atoms with van der Waals surface area (Å²) < 4.78 is 0. The molecule has 0 saturated carbocycles. The minimum Gasteiger partial charge on any atom is -0.343 e. The maximum absolute atomic E-state index is 4.48. The SMILES string of the molecule is CCCCCCC#CN1CCN(C)C1=NCC. The standard InChI is InChI=1S/C14H25N3/c1-4-6-7-8-9-10-11-17-13-12-16(3)14(17)15-5-2/h4-9,12-13H2,1-3H3. The van der Waals surface area contributed by atoms with Crippen LogP contribution in [0.4, 0.5) is 0 Å². The first-order valence-electron chi connectivity index (χ1n) is 6.81. The van der Waals surface area contributed by atoms with Gasteiger partial charge in [-0.05, 0) is 13.3 Å². The van der Waals surface area contributed by atoms with Crippen molar-refractivity contribution in [1.29, 1.82) is 0 Å². The highest BCUT2D eigenvalue weighted by Gasteiger charge is 2.21. The van der Waals surface area contributed by atoms with E-state index < -0.39 is 0 Å². The first-order chi connectivity index (χ1) is 8.29. The summed E-state index contributed by atoms with van der Waals surface area (Å²) in [7, 11) is 2.08. The molecular formula is C14H25N3. The van der Waals surface area contributed by atoms with Gasteiger partial charge in [-0.1, -0.05) is 32.1 Å². The van der Waals surface area contributed by atoms with E-state index in [1.54, 1.807) is 0 Å². The molecule has 3 heteroatoms. The normalized spacial score (nSPS) is 17.5. The first-order valence-corrected chi connectivity index (χ1v) is 6.81. The van der Waals surface area contributed by atoms with Crippen LogP contribution in [-0.2, 0) is 0 Å². The minimum atomic E-state index is 0.828. The van der Waals surface area contributed by atoms with Crippen molar-refractivity contribution in [3.05, 3.63) is 0 Å². The molecule has 0 spiro atoms. The van der Waals surface area contributed by atoms with Crippen molar-refractivity contribution in [3.8, 4) is 12.0 Å². The third-order valence-corrected chi connectivity index (χ3v) is 2.91. The van der Waals surface area contributed by atoms with Crippen LogP contribution < -0.4 is 0 Å². The monoisotopic (exact) mass is 235 g/mol. The van der Waals surface area contributed by atoms with Gasteiger partial charge in [-0.2, -0.15) is 0 Å². The molecule has 17 heavy (non-hydrogen) atoms. The van der Waals surface area contributed by atoms with E-state index >= 15 is 0 Å². The highest BCUT2D eigenvalue weighted by Crippen LogP contribution is 2.06. The third kappa shape index (κ3) is 4.68. The Morgan fingerprint density at radius 1 is 1.18 bits per heavy atom. The van der Waals surface area contributed by atoms with Crippen molar-refractivity contribution in [3.63, 3.8) is 0 Å². The Morgan fingerprint density at radius 3 is 2.71 bits per heavy atom. The Hall–Kier alpha value is -1.17. The molecule has 3 nitrogen and oxygen atoms in total. The van der Waals surface area contributed by atoms with Gasteiger partial charge in [0.25, 0.3) is 0 Å². The van der Waals surface area contributed by atoms with Crippen LogP contribution in [0.25, 0.3) is 0 Å². The molecule has 0 aromatic rings. The van der Waals surface area contributed by atoms with Gasteiger partial charge in [0.2, 0.25) is 5.96 Å². The second kappa shape index (κ2) is 8.00. The number of nitrogens with zero attached hydrogens (tertiary/aromatic N) is 3. The first kappa shape index (κ1) is 13.9. The lowest BCUT2D eigenvalue weighted by molar-refractivity contribution is 0.560. The third-order valence-electron chi connectivity index (χ3n) is 2.91. The van der Waals surface area contributed by atoms with Gasteiger partial charge < -0.3 is 4.90 Å². The summed E-state index contributed by atoms with van der Waals surface area (Å²) >= 11 is 0. The predicted molar refractivity (Wildman–Crippen MR) is 73.8 cm³/mol. The van der Waals surface area contributed by atoms with E-state index in [0.717, 1.165) is 32.0 Å². The molecule has 0 aromatic heterocycles. The Bertz CT molecular complexity index is 298. The maximum Gasteiger partial charge on any atom is 0.208 e. The van der Waals surface area contributed by atoms with E-state index in [1.807, 2.05) is 0 Å². The lowest BCUT2D eigenvalue weighted by Gasteiger charge is -2.14. The van der Waals surface area contributed by atoms with Crippen molar-refractivity contribution in [2.45, 2.75) is 46.0 Å². The summed E-state index contributed by atoms with van der Waals surface area (Å²) in [4.78, 5) is 8.74. The van der Waals surface area contributed by atoms with Crippen LogP contribution in [0.3, 0.4) is 0 Å². The molecule has 1 saturated heterocycles. The Kier molecular flexibility index (Phi) is 6.54. The fraction of sp³-hybridized carbons (Fsp3) is 0.786. The molecule has 0 atom stereocenters. The van der Waals surface area contributed by atoms with E-state index in [0.29, 0.717) is 0 Å². The molecule has 0 bridgehead atoms.